The van der Waals surface area contributed by atoms with Gasteiger partial charge in [0.15, 0.2) is 5.60 Å². The van der Waals surface area contributed by atoms with E-state index in [4.69, 9.17) is 9.47 Å². The fraction of sp³-hybridized carbons (Fsp3) is 0.310. The normalized spacial score (nSPS) is 11.3. The van der Waals surface area contributed by atoms with Gasteiger partial charge in [-0.15, -0.1) is 0 Å². The number of aliphatic carboxylic acids is 1. The summed E-state index contributed by atoms with van der Waals surface area (Å²) < 4.78 is 11.6. The van der Waals surface area contributed by atoms with E-state index in [1.54, 1.807) is 18.2 Å². The molecule has 0 saturated carbocycles. The van der Waals surface area contributed by atoms with Gasteiger partial charge in [-0.3, -0.25) is 4.79 Å². The first-order valence-electron chi connectivity index (χ1n) is 11.7. The van der Waals surface area contributed by atoms with Crippen molar-refractivity contribution in [3.63, 3.8) is 0 Å². The Hall–Kier alpha value is -3.80. The summed E-state index contributed by atoms with van der Waals surface area (Å²) in [5.41, 5.74) is 2.20. The first kappa shape index (κ1) is 25.8. The molecule has 0 aliphatic rings. The molecule has 6 heteroatoms. The summed E-state index contributed by atoms with van der Waals surface area (Å²) in [4.78, 5) is 23.9. The number of carbonyl (C=O) groups is 2. The number of amides is 1. The number of aryl methyl sites for hydroxylation is 1. The molecule has 0 atom stereocenters. The third kappa shape index (κ3) is 7.34. The van der Waals surface area contributed by atoms with Gasteiger partial charge in [0.1, 0.15) is 17.2 Å². The second-order valence-electron chi connectivity index (χ2n) is 9.57. The molecule has 2 N–H and O–H groups in total. The molecule has 1 amide bonds. The van der Waals surface area contributed by atoms with Gasteiger partial charge in [-0.1, -0.05) is 38.1 Å². The van der Waals surface area contributed by atoms with Gasteiger partial charge in [-0.05, 0) is 92.3 Å². The van der Waals surface area contributed by atoms with E-state index in [1.165, 1.54) is 19.4 Å². The van der Waals surface area contributed by atoms with Crippen molar-refractivity contribution in [2.75, 3.05) is 0 Å². The molecule has 0 bridgehead atoms. The third-order valence-corrected chi connectivity index (χ3v) is 5.47. The number of ether oxygens (including phenoxy) is 2. The zero-order chi connectivity index (χ0) is 25.6. The molecule has 35 heavy (non-hydrogen) atoms. The number of hydrogen-bond donors (Lipinski definition) is 2. The van der Waals surface area contributed by atoms with E-state index in [2.05, 4.69) is 19.2 Å². The van der Waals surface area contributed by atoms with Crippen LogP contribution in [0.25, 0.3) is 0 Å². The van der Waals surface area contributed by atoms with Crippen LogP contribution < -0.4 is 14.8 Å². The van der Waals surface area contributed by atoms with Crippen molar-refractivity contribution >= 4 is 11.9 Å². The van der Waals surface area contributed by atoms with E-state index in [-0.39, 0.29) is 5.91 Å². The highest BCUT2D eigenvalue weighted by molar-refractivity contribution is 5.94. The summed E-state index contributed by atoms with van der Waals surface area (Å²) >= 11 is 0. The number of nitrogens with one attached hydrogen (secondary N) is 1. The lowest BCUT2D eigenvalue weighted by molar-refractivity contribution is -0.152. The maximum absolute atomic E-state index is 12.5. The molecule has 0 fully saturated rings. The molecular formula is C29H33NO5. The van der Waals surface area contributed by atoms with Crippen molar-refractivity contribution in [1.82, 2.24) is 5.32 Å². The summed E-state index contributed by atoms with van der Waals surface area (Å²) in [6.07, 6.45) is 0.990. The summed E-state index contributed by atoms with van der Waals surface area (Å²) in [5.74, 6) is 1.13. The maximum atomic E-state index is 12.5. The minimum absolute atomic E-state index is 0.122. The Kier molecular flexibility index (Phi) is 8.18. The zero-order valence-electron chi connectivity index (χ0n) is 20.9. The fourth-order valence-corrected chi connectivity index (χ4v) is 3.52. The van der Waals surface area contributed by atoms with Crippen LogP contribution in [0.1, 0.15) is 54.7 Å². The van der Waals surface area contributed by atoms with Crippen molar-refractivity contribution in [2.45, 2.75) is 53.2 Å². The van der Waals surface area contributed by atoms with Crippen LogP contribution in [0, 0.1) is 12.8 Å². The minimum atomic E-state index is -1.33. The Morgan fingerprint density at radius 2 is 1.63 bits per heavy atom. The Labute approximate surface area is 206 Å². The van der Waals surface area contributed by atoms with E-state index >= 15 is 0 Å². The number of rotatable bonds is 10. The molecule has 0 aliphatic heterocycles. The number of carboxylic acid groups (broad SMARTS) is 1. The van der Waals surface area contributed by atoms with Gasteiger partial charge in [0.2, 0.25) is 0 Å². The molecule has 3 aromatic rings. The van der Waals surface area contributed by atoms with Crippen molar-refractivity contribution in [1.29, 1.82) is 0 Å². The van der Waals surface area contributed by atoms with Crippen LogP contribution in [0.3, 0.4) is 0 Å². The number of carboxylic acids is 1. The lowest BCUT2D eigenvalue weighted by Crippen LogP contribution is -2.38. The highest BCUT2D eigenvalue weighted by atomic mass is 16.5. The smallest absolute Gasteiger partial charge is 0.347 e. The van der Waals surface area contributed by atoms with Gasteiger partial charge in [-0.25, -0.2) is 4.79 Å². The summed E-state index contributed by atoms with van der Waals surface area (Å²) in [6.45, 7) is 9.57. The van der Waals surface area contributed by atoms with Gasteiger partial charge < -0.3 is 19.9 Å². The Balaban J connectivity index is 1.60. The predicted molar refractivity (Wildman–Crippen MR) is 136 cm³/mol. The van der Waals surface area contributed by atoms with E-state index in [1.807, 2.05) is 55.5 Å². The van der Waals surface area contributed by atoms with Crippen LogP contribution in [0.15, 0.2) is 66.7 Å². The molecule has 3 aromatic carbocycles. The first-order valence-corrected chi connectivity index (χ1v) is 11.7. The zero-order valence-corrected chi connectivity index (χ0v) is 20.9. The second-order valence-corrected chi connectivity index (χ2v) is 9.57. The van der Waals surface area contributed by atoms with Crippen LogP contribution in [0.2, 0.25) is 0 Å². The molecule has 0 heterocycles. The Bertz CT molecular complexity index is 1180. The van der Waals surface area contributed by atoms with Crippen LogP contribution in [-0.2, 0) is 17.8 Å². The van der Waals surface area contributed by atoms with Gasteiger partial charge >= 0.3 is 5.97 Å². The van der Waals surface area contributed by atoms with Crippen LogP contribution in [0.4, 0.5) is 0 Å². The van der Waals surface area contributed by atoms with Crippen molar-refractivity contribution in [3.8, 4) is 17.2 Å². The van der Waals surface area contributed by atoms with Crippen molar-refractivity contribution in [2.24, 2.45) is 5.92 Å². The summed E-state index contributed by atoms with van der Waals surface area (Å²) in [6, 6.07) is 20.5. The standard InChI is InChI=1S/C29H33NO5/c1-19(2)15-21-9-11-23(12-10-21)27(31)30-18-22-7-6-8-24(17-22)34-25-13-14-26(20(3)16-25)35-29(4,5)28(32)33/h6-14,16-17,19H,15,18H2,1-5H3,(H,30,31)(H,32,33). The third-order valence-electron chi connectivity index (χ3n) is 5.47. The highest BCUT2D eigenvalue weighted by Crippen LogP contribution is 2.30. The molecule has 184 valence electrons. The first-order chi connectivity index (χ1) is 16.5. The van der Waals surface area contributed by atoms with E-state index in [9.17, 15) is 14.7 Å². The van der Waals surface area contributed by atoms with Crippen LogP contribution >= 0.6 is 0 Å². The lowest BCUT2D eigenvalue weighted by Gasteiger charge is -2.23. The Morgan fingerprint density at radius 3 is 2.26 bits per heavy atom. The minimum Gasteiger partial charge on any atom is -0.478 e. The summed E-state index contributed by atoms with van der Waals surface area (Å²) in [7, 11) is 0. The monoisotopic (exact) mass is 475 g/mol. The quantitative estimate of drug-likeness (QED) is 0.367. The molecule has 0 aliphatic carbocycles. The molecule has 3 rings (SSSR count). The summed E-state index contributed by atoms with van der Waals surface area (Å²) in [5, 5.41) is 12.2. The molecule has 0 radical (unpaired) electrons. The fourth-order valence-electron chi connectivity index (χ4n) is 3.52. The van der Waals surface area contributed by atoms with Gasteiger partial charge in [0.05, 0.1) is 0 Å². The van der Waals surface area contributed by atoms with Crippen LogP contribution in [-0.4, -0.2) is 22.6 Å². The average Bonchev–Trinajstić information content (AvgIpc) is 2.79. The SMILES string of the molecule is Cc1cc(Oc2cccc(CNC(=O)c3ccc(CC(C)C)cc3)c2)ccc1OC(C)(C)C(=O)O. The highest BCUT2D eigenvalue weighted by Gasteiger charge is 2.29. The largest absolute Gasteiger partial charge is 0.478 e. The van der Waals surface area contributed by atoms with Gasteiger partial charge in [0.25, 0.3) is 5.91 Å². The number of hydrogen-bond acceptors (Lipinski definition) is 4. The Morgan fingerprint density at radius 1 is 0.943 bits per heavy atom. The maximum Gasteiger partial charge on any atom is 0.347 e. The molecule has 0 unspecified atom stereocenters. The molecule has 0 aromatic heterocycles. The number of benzene rings is 3. The average molecular weight is 476 g/mol. The molecule has 0 spiro atoms. The molecular weight excluding hydrogens is 442 g/mol. The van der Waals surface area contributed by atoms with E-state index < -0.39 is 11.6 Å². The van der Waals surface area contributed by atoms with Crippen molar-refractivity contribution in [3.05, 3.63) is 89.0 Å². The van der Waals surface area contributed by atoms with Crippen LogP contribution in [0.5, 0.6) is 17.2 Å². The van der Waals surface area contributed by atoms with Crippen molar-refractivity contribution < 1.29 is 24.2 Å². The molecule has 0 saturated heterocycles. The molecule has 6 nitrogen and oxygen atoms in total. The lowest BCUT2D eigenvalue weighted by atomic mass is 10.0. The van der Waals surface area contributed by atoms with Gasteiger partial charge in [0, 0.05) is 12.1 Å². The van der Waals surface area contributed by atoms with E-state index in [0.717, 1.165) is 17.5 Å². The topological polar surface area (TPSA) is 84.9 Å². The number of carbonyl (C=O) groups excluding carboxylic acids is 1. The second kappa shape index (κ2) is 11.1. The predicted octanol–water partition coefficient (Wildman–Crippen LogP) is 6.16. The van der Waals surface area contributed by atoms with Gasteiger partial charge in [-0.2, -0.15) is 0 Å². The van der Waals surface area contributed by atoms with E-state index in [0.29, 0.717) is 35.3 Å².